The summed E-state index contributed by atoms with van der Waals surface area (Å²) in [4.78, 5) is 4.29. The molecule has 0 radical (unpaired) electrons. The van der Waals surface area contributed by atoms with Crippen LogP contribution in [0.5, 0.6) is 0 Å². The molecule has 0 amide bonds. The molecule has 0 aliphatic carbocycles. The normalized spacial score (nSPS) is 12.6. The van der Waals surface area contributed by atoms with E-state index in [0.717, 1.165) is 29.4 Å². The van der Waals surface area contributed by atoms with E-state index in [1.54, 1.807) is 23.5 Å². The number of alkyl halides is 1. The number of aromatic nitrogens is 1. The van der Waals surface area contributed by atoms with Crippen molar-refractivity contribution in [3.8, 4) is 0 Å². The summed E-state index contributed by atoms with van der Waals surface area (Å²) in [6, 6.07) is 6.82. The van der Waals surface area contributed by atoms with Crippen LogP contribution in [0.2, 0.25) is 0 Å². The van der Waals surface area contributed by atoms with Gasteiger partial charge in [-0.1, -0.05) is 28.1 Å². The van der Waals surface area contributed by atoms with Crippen LogP contribution >= 0.6 is 27.3 Å². The molecule has 2 aromatic rings. The van der Waals surface area contributed by atoms with Crippen LogP contribution in [0.25, 0.3) is 0 Å². The van der Waals surface area contributed by atoms with Crippen molar-refractivity contribution >= 4 is 27.3 Å². The fourth-order valence-corrected chi connectivity index (χ4v) is 2.84. The molecule has 0 spiro atoms. The molecule has 1 unspecified atom stereocenters. The standard InChI is InChI=1S/C13H13BrFNS/c14-7-11(6-13-8-17-9-16-13)4-10-2-1-3-12(15)5-10/h1-3,5,8-9,11H,4,6-7H2. The number of halogens is 2. The van der Waals surface area contributed by atoms with Crippen molar-refractivity contribution < 1.29 is 4.39 Å². The van der Waals surface area contributed by atoms with Gasteiger partial charge in [-0.3, -0.25) is 0 Å². The zero-order valence-corrected chi connectivity index (χ0v) is 11.7. The van der Waals surface area contributed by atoms with Gasteiger partial charge in [-0.25, -0.2) is 9.37 Å². The minimum atomic E-state index is -0.163. The summed E-state index contributed by atoms with van der Waals surface area (Å²) in [7, 11) is 0. The minimum Gasteiger partial charge on any atom is -0.250 e. The van der Waals surface area contributed by atoms with E-state index in [0.29, 0.717) is 5.92 Å². The van der Waals surface area contributed by atoms with Crippen molar-refractivity contribution in [2.45, 2.75) is 12.8 Å². The molecular weight excluding hydrogens is 301 g/mol. The van der Waals surface area contributed by atoms with E-state index in [1.807, 2.05) is 11.6 Å². The molecule has 90 valence electrons. The highest BCUT2D eigenvalue weighted by Crippen LogP contribution is 2.17. The molecule has 0 fully saturated rings. The Kier molecular flexibility index (Phi) is 4.68. The lowest BCUT2D eigenvalue weighted by molar-refractivity contribution is 0.577. The molecule has 1 aromatic carbocycles. The maximum Gasteiger partial charge on any atom is 0.123 e. The first-order valence-electron chi connectivity index (χ1n) is 5.45. The Labute approximate surface area is 113 Å². The fourth-order valence-electron chi connectivity index (χ4n) is 1.81. The SMILES string of the molecule is Fc1cccc(CC(CBr)Cc2cscn2)c1. The molecule has 4 heteroatoms. The van der Waals surface area contributed by atoms with E-state index < -0.39 is 0 Å². The van der Waals surface area contributed by atoms with E-state index >= 15 is 0 Å². The third-order valence-electron chi connectivity index (χ3n) is 2.61. The molecule has 1 heterocycles. The summed E-state index contributed by atoms with van der Waals surface area (Å²) in [6.07, 6.45) is 1.81. The van der Waals surface area contributed by atoms with Crippen molar-refractivity contribution in [3.63, 3.8) is 0 Å². The smallest absolute Gasteiger partial charge is 0.123 e. The first kappa shape index (κ1) is 12.7. The quantitative estimate of drug-likeness (QED) is 0.758. The summed E-state index contributed by atoms with van der Waals surface area (Å²) in [5.41, 5.74) is 4.02. The van der Waals surface area contributed by atoms with Crippen molar-refractivity contribution in [2.75, 3.05) is 5.33 Å². The second-order valence-electron chi connectivity index (χ2n) is 4.04. The van der Waals surface area contributed by atoms with E-state index in [-0.39, 0.29) is 5.82 Å². The maximum atomic E-state index is 13.1. The average Bonchev–Trinajstić information content (AvgIpc) is 2.81. The summed E-state index contributed by atoms with van der Waals surface area (Å²) >= 11 is 5.13. The largest absolute Gasteiger partial charge is 0.250 e. The predicted molar refractivity (Wildman–Crippen MR) is 73.2 cm³/mol. The van der Waals surface area contributed by atoms with Gasteiger partial charge >= 0.3 is 0 Å². The van der Waals surface area contributed by atoms with Crippen LogP contribution in [0.4, 0.5) is 4.39 Å². The Balaban J connectivity index is 2.00. The van der Waals surface area contributed by atoms with Gasteiger partial charge < -0.3 is 0 Å². The van der Waals surface area contributed by atoms with E-state index in [2.05, 4.69) is 26.3 Å². The Morgan fingerprint density at radius 2 is 2.24 bits per heavy atom. The van der Waals surface area contributed by atoms with Crippen LogP contribution < -0.4 is 0 Å². The van der Waals surface area contributed by atoms with Crippen LogP contribution in [0.15, 0.2) is 35.2 Å². The van der Waals surface area contributed by atoms with Crippen LogP contribution in [-0.2, 0) is 12.8 Å². The third-order valence-corrected chi connectivity index (χ3v) is 4.16. The molecule has 17 heavy (non-hydrogen) atoms. The van der Waals surface area contributed by atoms with E-state index in [4.69, 9.17) is 0 Å². The Hall–Kier alpha value is -0.740. The lowest BCUT2D eigenvalue weighted by Crippen LogP contribution is -2.10. The zero-order chi connectivity index (χ0) is 12.1. The molecule has 0 N–H and O–H groups in total. The molecule has 0 saturated carbocycles. The van der Waals surface area contributed by atoms with Gasteiger partial charge in [0.1, 0.15) is 5.82 Å². The van der Waals surface area contributed by atoms with Crippen LogP contribution in [0, 0.1) is 11.7 Å². The van der Waals surface area contributed by atoms with Crippen LogP contribution in [0.3, 0.4) is 0 Å². The molecule has 0 aliphatic rings. The molecule has 1 aromatic heterocycles. The topological polar surface area (TPSA) is 12.9 Å². The van der Waals surface area contributed by atoms with Gasteiger partial charge in [0.2, 0.25) is 0 Å². The van der Waals surface area contributed by atoms with Gasteiger partial charge in [0.15, 0.2) is 0 Å². The molecule has 2 rings (SSSR count). The number of rotatable bonds is 5. The highest BCUT2D eigenvalue weighted by atomic mass is 79.9. The highest BCUT2D eigenvalue weighted by Gasteiger charge is 2.11. The molecule has 0 saturated heterocycles. The number of hydrogen-bond acceptors (Lipinski definition) is 2. The Bertz CT molecular complexity index is 458. The minimum absolute atomic E-state index is 0.163. The monoisotopic (exact) mass is 313 g/mol. The average molecular weight is 314 g/mol. The molecule has 0 bridgehead atoms. The van der Waals surface area contributed by atoms with E-state index in [9.17, 15) is 4.39 Å². The van der Waals surface area contributed by atoms with Gasteiger partial charge in [0.05, 0.1) is 11.2 Å². The Morgan fingerprint density at radius 1 is 1.35 bits per heavy atom. The molecular formula is C13H13BrFNS. The third kappa shape index (κ3) is 3.89. The van der Waals surface area contributed by atoms with Gasteiger partial charge in [-0.2, -0.15) is 0 Å². The molecule has 1 atom stereocenters. The van der Waals surface area contributed by atoms with Gasteiger partial charge in [-0.05, 0) is 36.5 Å². The van der Waals surface area contributed by atoms with E-state index in [1.165, 1.54) is 6.07 Å². The van der Waals surface area contributed by atoms with Crippen molar-refractivity contribution in [1.29, 1.82) is 0 Å². The highest BCUT2D eigenvalue weighted by molar-refractivity contribution is 9.09. The number of hydrogen-bond donors (Lipinski definition) is 0. The second-order valence-corrected chi connectivity index (χ2v) is 5.40. The number of benzene rings is 1. The molecule has 1 nitrogen and oxygen atoms in total. The van der Waals surface area contributed by atoms with Crippen molar-refractivity contribution in [1.82, 2.24) is 4.98 Å². The first-order valence-corrected chi connectivity index (χ1v) is 7.52. The predicted octanol–water partition coefficient (Wildman–Crippen LogP) is 4.08. The summed E-state index contributed by atoms with van der Waals surface area (Å²) in [5, 5.41) is 2.97. The summed E-state index contributed by atoms with van der Waals surface area (Å²) in [6.45, 7) is 0. The Morgan fingerprint density at radius 3 is 2.88 bits per heavy atom. The molecule has 0 aliphatic heterocycles. The lowest BCUT2D eigenvalue weighted by Gasteiger charge is -2.12. The second kappa shape index (κ2) is 6.26. The van der Waals surface area contributed by atoms with Crippen molar-refractivity contribution in [2.24, 2.45) is 5.92 Å². The number of thiazole rings is 1. The first-order chi connectivity index (χ1) is 8.28. The van der Waals surface area contributed by atoms with Crippen molar-refractivity contribution in [3.05, 3.63) is 52.2 Å². The zero-order valence-electron chi connectivity index (χ0n) is 9.27. The maximum absolute atomic E-state index is 13.1. The van der Waals surface area contributed by atoms with Crippen LogP contribution in [-0.4, -0.2) is 10.3 Å². The van der Waals surface area contributed by atoms with Gasteiger partial charge in [0, 0.05) is 10.7 Å². The number of nitrogens with zero attached hydrogens (tertiary/aromatic N) is 1. The summed E-state index contributed by atoms with van der Waals surface area (Å²) < 4.78 is 13.1. The fraction of sp³-hybridized carbons (Fsp3) is 0.308. The van der Waals surface area contributed by atoms with Gasteiger partial charge in [-0.15, -0.1) is 11.3 Å². The summed E-state index contributed by atoms with van der Waals surface area (Å²) in [5.74, 6) is 0.295. The van der Waals surface area contributed by atoms with Crippen LogP contribution in [0.1, 0.15) is 11.3 Å². The lowest BCUT2D eigenvalue weighted by atomic mass is 9.97. The van der Waals surface area contributed by atoms with Gasteiger partial charge in [0.25, 0.3) is 0 Å².